The Morgan fingerprint density at radius 1 is 0.962 bits per heavy atom. The first-order valence-corrected chi connectivity index (χ1v) is 9.21. The molecule has 0 spiro atoms. The Bertz CT molecular complexity index is 595. The average molecular weight is 542 g/mol. The molecule has 1 heterocycles. The fourth-order valence-electron chi connectivity index (χ4n) is 3.10. The number of hydrogen-bond acceptors (Lipinski definition) is 3. The van der Waals surface area contributed by atoms with E-state index in [-0.39, 0.29) is 45.9 Å². The molecule has 2 aliphatic rings. The van der Waals surface area contributed by atoms with Gasteiger partial charge in [-0.05, 0) is 29.0 Å². The summed E-state index contributed by atoms with van der Waals surface area (Å²) in [4.78, 5) is 11.7. The van der Waals surface area contributed by atoms with E-state index >= 15 is 0 Å². The van der Waals surface area contributed by atoms with E-state index in [9.17, 15) is 4.79 Å². The van der Waals surface area contributed by atoms with Gasteiger partial charge in [-0.25, -0.2) is 4.79 Å². The number of esters is 1. The molecule has 1 fully saturated rings. The predicted molar refractivity (Wildman–Crippen MR) is 100 cm³/mol. The van der Waals surface area contributed by atoms with E-state index < -0.39 is 0 Å². The van der Waals surface area contributed by atoms with Crippen molar-refractivity contribution in [1.29, 1.82) is 0 Å². The number of carbonyl (C=O) groups excluding carboxylic acids is 1. The van der Waals surface area contributed by atoms with Crippen molar-refractivity contribution in [1.82, 2.24) is 0 Å². The third-order valence-corrected chi connectivity index (χ3v) is 4.81. The van der Waals surface area contributed by atoms with Crippen molar-refractivity contribution in [3.8, 4) is 5.75 Å². The van der Waals surface area contributed by atoms with Crippen LogP contribution in [0.1, 0.15) is 86.7 Å². The van der Waals surface area contributed by atoms with Gasteiger partial charge in [0.05, 0.1) is 0 Å². The molecule has 0 amide bonds. The van der Waals surface area contributed by atoms with Gasteiger partial charge in [0.1, 0.15) is 11.3 Å². The van der Waals surface area contributed by atoms with Crippen LogP contribution in [0.2, 0.25) is 0 Å². The largest absolute Gasteiger partial charge is 2.00 e. The number of benzene rings is 1. The van der Waals surface area contributed by atoms with Gasteiger partial charge in [0.2, 0.25) is 6.79 Å². The van der Waals surface area contributed by atoms with Crippen LogP contribution in [-0.4, -0.2) is 24.8 Å². The van der Waals surface area contributed by atoms with Crippen molar-refractivity contribution < 1.29 is 35.3 Å². The monoisotopic (exact) mass is 541 g/mol. The Balaban J connectivity index is 0.000000318. The van der Waals surface area contributed by atoms with Crippen LogP contribution in [0.5, 0.6) is 5.75 Å². The molecule has 0 saturated heterocycles. The number of carbonyl (C=O) groups is 1. The summed E-state index contributed by atoms with van der Waals surface area (Å²) in [5, 5.41) is 0. The SMILES string of the molecule is CC(C)c1cc2c(c(C(C)C)c1)OCOC2=O.[NH-][C@@H]1CCCC[C@H]1[NH-].[Pt+2]. The number of ether oxygens (including phenoxy) is 2. The smallest absolute Gasteiger partial charge is 0.676 e. The molecule has 1 aromatic carbocycles. The van der Waals surface area contributed by atoms with Crippen LogP contribution in [0, 0.1) is 0 Å². The maximum Gasteiger partial charge on any atom is 2.00 e. The molecule has 26 heavy (non-hydrogen) atoms. The molecule has 0 unspecified atom stereocenters. The second-order valence-electron chi connectivity index (χ2n) is 7.49. The number of rotatable bonds is 2. The second-order valence-corrected chi connectivity index (χ2v) is 7.49. The molecular weight excluding hydrogens is 511 g/mol. The third-order valence-electron chi connectivity index (χ3n) is 4.81. The van der Waals surface area contributed by atoms with Gasteiger partial charge in [0.15, 0.2) is 0 Å². The number of fused-ring (bicyclic) bond motifs is 1. The van der Waals surface area contributed by atoms with Crippen molar-refractivity contribution in [2.75, 3.05) is 6.79 Å². The predicted octanol–water partition coefficient (Wildman–Crippen LogP) is 5.84. The van der Waals surface area contributed by atoms with Crippen molar-refractivity contribution in [2.24, 2.45) is 0 Å². The summed E-state index contributed by atoms with van der Waals surface area (Å²) < 4.78 is 10.4. The van der Waals surface area contributed by atoms with E-state index in [0.717, 1.165) is 24.0 Å². The van der Waals surface area contributed by atoms with Crippen LogP contribution in [0.25, 0.3) is 11.5 Å². The van der Waals surface area contributed by atoms with Crippen molar-refractivity contribution in [3.63, 3.8) is 0 Å². The first-order chi connectivity index (χ1) is 11.8. The van der Waals surface area contributed by atoms with Crippen LogP contribution in [0.15, 0.2) is 12.1 Å². The Kier molecular flexibility index (Phi) is 9.29. The molecule has 1 aliphatic carbocycles. The molecule has 3 rings (SSSR count). The van der Waals surface area contributed by atoms with E-state index in [1.54, 1.807) is 0 Å². The zero-order valence-corrected chi connectivity index (χ0v) is 18.3. The second kappa shape index (κ2) is 10.4. The molecular formula is C20H30N2O3Pt. The quantitative estimate of drug-likeness (QED) is 0.441. The molecule has 0 radical (unpaired) electrons. The Labute approximate surface area is 171 Å². The summed E-state index contributed by atoms with van der Waals surface area (Å²) in [7, 11) is 0. The summed E-state index contributed by atoms with van der Waals surface area (Å²) in [6, 6.07) is 3.85. The van der Waals surface area contributed by atoms with Gasteiger partial charge >= 0.3 is 27.0 Å². The van der Waals surface area contributed by atoms with Gasteiger partial charge in [0, 0.05) is 0 Å². The minimum atomic E-state index is -0.282. The number of hydrogen-bond donors (Lipinski definition) is 0. The normalized spacial score (nSPS) is 21.8. The fourth-order valence-corrected chi connectivity index (χ4v) is 3.10. The van der Waals surface area contributed by atoms with Crippen LogP contribution in [0.4, 0.5) is 0 Å². The molecule has 1 saturated carbocycles. The molecule has 2 N–H and O–H groups in total. The van der Waals surface area contributed by atoms with Crippen molar-refractivity contribution in [2.45, 2.75) is 77.3 Å². The Morgan fingerprint density at radius 2 is 1.54 bits per heavy atom. The van der Waals surface area contributed by atoms with E-state index in [4.69, 9.17) is 20.9 Å². The topological polar surface area (TPSA) is 83.1 Å². The third kappa shape index (κ3) is 5.80. The fraction of sp³-hybridized carbons (Fsp3) is 0.650. The Hall–Kier alpha value is -0.902. The molecule has 1 aromatic rings. The molecule has 2 atom stereocenters. The summed E-state index contributed by atoms with van der Waals surface area (Å²) in [6.07, 6.45) is 4.25. The minimum absolute atomic E-state index is 0. The molecule has 1 aliphatic heterocycles. The standard InChI is InChI=1S/C14H18O3.C6H12N2.Pt/c1-8(2)10-5-11(9(3)4)13-12(6-10)14(15)17-7-16-13;7-5-3-1-2-4-6(5)8;/h5-6,8-9H,7H2,1-4H3;5-8H,1-4H2;/q;-2;+2/t;5-,6-;/m.1./s1. The van der Waals surface area contributed by atoms with Gasteiger partial charge in [-0.2, -0.15) is 12.1 Å². The maximum absolute atomic E-state index is 11.7. The van der Waals surface area contributed by atoms with Crippen molar-refractivity contribution >= 4 is 5.97 Å². The van der Waals surface area contributed by atoms with Gasteiger partial charge in [-0.3, -0.25) is 0 Å². The van der Waals surface area contributed by atoms with Crippen LogP contribution in [0.3, 0.4) is 0 Å². The average Bonchev–Trinajstić information content (AvgIpc) is 2.57. The van der Waals surface area contributed by atoms with Gasteiger partial charge in [0.25, 0.3) is 0 Å². The van der Waals surface area contributed by atoms with Gasteiger partial charge in [-0.15, -0.1) is 0 Å². The summed E-state index contributed by atoms with van der Waals surface area (Å²) >= 11 is 0. The number of nitrogens with one attached hydrogen (secondary N) is 2. The van der Waals surface area contributed by atoms with Crippen LogP contribution in [-0.2, 0) is 25.8 Å². The van der Waals surface area contributed by atoms with Crippen LogP contribution < -0.4 is 4.74 Å². The molecule has 0 bridgehead atoms. The van der Waals surface area contributed by atoms with E-state index in [1.807, 2.05) is 6.07 Å². The zero-order chi connectivity index (χ0) is 18.6. The van der Waals surface area contributed by atoms with E-state index in [2.05, 4.69) is 33.8 Å². The number of cyclic esters (lactones) is 1. The molecule has 5 nitrogen and oxygen atoms in total. The first-order valence-electron chi connectivity index (χ1n) is 9.21. The summed E-state index contributed by atoms with van der Waals surface area (Å²) in [5.74, 6) is 1.12. The van der Waals surface area contributed by atoms with Gasteiger partial charge < -0.3 is 20.9 Å². The van der Waals surface area contributed by atoms with Crippen molar-refractivity contribution in [3.05, 3.63) is 40.3 Å². The van der Waals surface area contributed by atoms with Gasteiger partial charge in [-0.1, -0.05) is 59.4 Å². The molecule has 148 valence electrons. The van der Waals surface area contributed by atoms with E-state index in [1.165, 1.54) is 12.8 Å². The summed E-state index contributed by atoms with van der Waals surface area (Å²) in [6.45, 7) is 8.44. The van der Waals surface area contributed by atoms with Crippen LogP contribution >= 0.6 is 0 Å². The summed E-state index contributed by atoms with van der Waals surface area (Å²) in [5.41, 5.74) is 17.4. The zero-order valence-electron chi connectivity index (χ0n) is 16.0. The Morgan fingerprint density at radius 3 is 2.00 bits per heavy atom. The molecule has 0 aromatic heterocycles. The maximum atomic E-state index is 11.7. The minimum Gasteiger partial charge on any atom is -0.676 e. The first kappa shape index (κ1) is 23.1. The molecule has 6 heteroatoms. The van der Waals surface area contributed by atoms with E-state index in [0.29, 0.717) is 23.1 Å².